The van der Waals surface area contributed by atoms with E-state index in [-0.39, 0.29) is 11.7 Å². The van der Waals surface area contributed by atoms with Gasteiger partial charge in [-0.15, -0.1) is 0 Å². The van der Waals surface area contributed by atoms with Crippen molar-refractivity contribution in [1.29, 1.82) is 0 Å². The van der Waals surface area contributed by atoms with Crippen LogP contribution in [-0.4, -0.2) is 13.0 Å². The molecule has 0 aliphatic carbocycles. The van der Waals surface area contributed by atoms with Gasteiger partial charge in [-0.05, 0) is 23.8 Å². The number of para-hydroxylation sites is 1. The fourth-order valence-electron chi connectivity index (χ4n) is 1.99. The SMILES string of the molecule is COc1cc(F)ccc1NCc1ccccc1NC(C)=O. The number of hydrogen-bond acceptors (Lipinski definition) is 3. The molecule has 0 aliphatic rings. The summed E-state index contributed by atoms with van der Waals surface area (Å²) in [4.78, 5) is 11.2. The standard InChI is InChI=1S/C16H17FN2O2/c1-11(20)19-14-6-4-3-5-12(14)10-18-15-8-7-13(17)9-16(15)21-2/h3-9,18H,10H2,1-2H3,(H,19,20). The normalized spacial score (nSPS) is 10.0. The van der Waals surface area contributed by atoms with E-state index >= 15 is 0 Å². The molecule has 0 aliphatic heterocycles. The van der Waals surface area contributed by atoms with Crippen molar-refractivity contribution in [2.75, 3.05) is 17.7 Å². The fraction of sp³-hybridized carbons (Fsp3) is 0.188. The smallest absolute Gasteiger partial charge is 0.221 e. The Kier molecular flexibility index (Phi) is 4.77. The first kappa shape index (κ1) is 14.8. The molecule has 1 amide bonds. The third-order valence-corrected chi connectivity index (χ3v) is 2.96. The number of carbonyl (C=O) groups is 1. The highest BCUT2D eigenvalue weighted by atomic mass is 19.1. The number of methoxy groups -OCH3 is 1. The summed E-state index contributed by atoms with van der Waals surface area (Å²) in [7, 11) is 1.49. The highest BCUT2D eigenvalue weighted by molar-refractivity contribution is 5.89. The summed E-state index contributed by atoms with van der Waals surface area (Å²) < 4.78 is 18.3. The van der Waals surface area contributed by atoms with Crippen molar-refractivity contribution in [3.05, 3.63) is 53.8 Å². The molecule has 0 saturated carbocycles. The van der Waals surface area contributed by atoms with Crippen molar-refractivity contribution in [2.45, 2.75) is 13.5 Å². The van der Waals surface area contributed by atoms with Gasteiger partial charge in [-0.2, -0.15) is 0 Å². The summed E-state index contributed by atoms with van der Waals surface area (Å²) in [5, 5.41) is 5.96. The van der Waals surface area contributed by atoms with Gasteiger partial charge in [0.1, 0.15) is 11.6 Å². The molecule has 0 aromatic heterocycles. The van der Waals surface area contributed by atoms with Gasteiger partial charge in [-0.3, -0.25) is 4.79 Å². The van der Waals surface area contributed by atoms with E-state index in [0.29, 0.717) is 18.0 Å². The van der Waals surface area contributed by atoms with Crippen LogP contribution in [0, 0.1) is 5.82 Å². The average molecular weight is 288 g/mol. The van der Waals surface area contributed by atoms with E-state index < -0.39 is 0 Å². The Hall–Kier alpha value is -2.56. The van der Waals surface area contributed by atoms with Crippen molar-refractivity contribution in [1.82, 2.24) is 0 Å². The van der Waals surface area contributed by atoms with Crippen molar-refractivity contribution in [2.24, 2.45) is 0 Å². The molecular formula is C16H17FN2O2. The molecule has 0 saturated heterocycles. The lowest BCUT2D eigenvalue weighted by atomic mass is 10.1. The number of nitrogens with one attached hydrogen (secondary N) is 2. The van der Waals surface area contributed by atoms with Crippen molar-refractivity contribution in [3.63, 3.8) is 0 Å². The summed E-state index contributed by atoms with van der Waals surface area (Å²) in [6.07, 6.45) is 0. The van der Waals surface area contributed by atoms with E-state index in [1.165, 1.54) is 26.2 Å². The van der Waals surface area contributed by atoms with Crippen LogP contribution in [0.1, 0.15) is 12.5 Å². The predicted molar refractivity (Wildman–Crippen MR) is 81.0 cm³/mol. The van der Waals surface area contributed by atoms with E-state index in [9.17, 15) is 9.18 Å². The van der Waals surface area contributed by atoms with E-state index in [4.69, 9.17) is 4.74 Å². The summed E-state index contributed by atoms with van der Waals surface area (Å²) in [6, 6.07) is 11.8. The largest absolute Gasteiger partial charge is 0.494 e. The zero-order chi connectivity index (χ0) is 15.2. The molecule has 5 heteroatoms. The predicted octanol–water partition coefficient (Wildman–Crippen LogP) is 3.40. The third kappa shape index (κ3) is 3.95. The molecule has 2 aromatic carbocycles. The minimum Gasteiger partial charge on any atom is -0.494 e. The van der Waals surface area contributed by atoms with Gasteiger partial charge in [0, 0.05) is 25.2 Å². The second kappa shape index (κ2) is 6.74. The lowest BCUT2D eigenvalue weighted by Crippen LogP contribution is -2.10. The van der Waals surface area contributed by atoms with Crippen LogP contribution in [0.4, 0.5) is 15.8 Å². The molecule has 0 bridgehead atoms. The van der Waals surface area contributed by atoms with Crippen LogP contribution in [0.25, 0.3) is 0 Å². The Labute approximate surface area is 122 Å². The first-order valence-corrected chi connectivity index (χ1v) is 6.53. The molecule has 110 valence electrons. The zero-order valence-electron chi connectivity index (χ0n) is 11.9. The van der Waals surface area contributed by atoms with Crippen LogP contribution < -0.4 is 15.4 Å². The number of carbonyl (C=O) groups excluding carboxylic acids is 1. The molecule has 21 heavy (non-hydrogen) atoms. The van der Waals surface area contributed by atoms with Crippen molar-refractivity contribution >= 4 is 17.3 Å². The van der Waals surface area contributed by atoms with Gasteiger partial charge in [-0.25, -0.2) is 4.39 Å². The highest BCUT2D eigenvalue weighted by Crippen LogP contribution is 2.26. The molecule has 0 heterocycles. The van der Waals surface area contributed by atoms with Gasteiger partial charge < -0.3 is 15.4 Å². The minimum absolute atomic E-state index is 0.123. The Morgan fingerprint density at radius 1 is 1.19 bits per heavy atom. The monoisotopic (exact) mass is 288 g/mol. The number of ether oxygens (including phenoxy) is 1. The molecule has 2 N–H and O–H groups in total. The van der Waals surface area contributed by atoms with Gasteiger partial charge in [-0.1, -0.05) is 18.2 Å². The maximum Gasteiger partial charge on any atom is 0.221 e. The molecule has 0 fully saturated rings. The van der Waals surface area contributed by atoms with Crippen LogP contribution in [0.2, 0.25) is 0 Å². The summed E-state index contributed by atoms with van der Waals surface area (Å²) >= 11 is 0. The number of halogens is 1. The molecule has 0 spiro atoms. The average Bonchev–Trinajstić information content (AvgIpc) is 2.46. The first-order valence-electron chi connectivity index (χ1n) is 6.53. The van der Waals surface area contributed by atoms with E-state index in [1.54, 1.807) is 6.07 Å². The quantitative estimate of drug-likeness (QED) is 0.886. The number of hydrogen-bond donors (Lipinski definition) is 2. The second-order valence-electron chi connectivity index (χ2n) is 4.54. The Morgan fingerprint density at radius 2 is 1.95 bits per heavy atom. The van der Waals surface area contributed by atoms with Crippen LogP contribution >= 0.6 is 0 Å². The van der Waals surface area contributed by atoms with Crippen LogP contribution in [-0.2, 0) is 11.3 Å². The van der Waals surface area contributed by atoms with Gasteiger partial charge in [0.05, 0.1) is 12.8 Å². The maximum atomic E-state index is 13.1. The molecule has 4 nitrogen and oxygen atoms in total. The second-order valence-corrected chi connectivity index (χ2v) is 4.54. The molecule has 2 rings (SSSR count). The van der Waals surface area contributed by atoms with E-state index in [2.05, 4.69) is 10.6 Å². The summed E-state index contributed by atoms with van der Waals surface area (Å²) in [5.74, 6) is -0.0372. The number of benzene rings is 2. The van der Waals surface area contributed by atoms with Gasteiger partial charge in [0.2, 0.25) is 5.91 Å². The van der Waals surface area contributed by atoms with Gasteiger partial charge >= 0.3 is 0 Å². The molecule has 0 unspecified atom stereocenters. The van der Waals surface area contributed by atoms with E-state index in [0.717, 1.165) is 11.3 Å². The first-order chi connectivity index (χ1) is 10.1. The van der Waals surface area contributed by atoms with Crippen molar-refractivity contribution in [3.8, 4) is 5.75 Å². The van der Waals surface area contributed by atoms with Gasteiger partial charge in [0.25, 0.3) is 0 Å². The Bertz CT molecular complexity index is 644. The zero-order valence-corrected chi connectivity index (χ0v) is 11.9. The number of anilines is 2. The summed E-state index contributed by atoms with van der Waals surface area (Å²) in [5.41, 5.74) is 2.37. The Balaban J connectivity index is 2.15. The van der Waals surface area contributed by atoms with Crippen LogP contribution in [0.5, 0.6) is 5.75 Å². The third-order valence-electron chi connectivity index (χ3n) is 2.96. The topological polar surface area (TPSA) is 50.4 Å². The number of rotatable bonds is 5. The fourth-order valence-corrected chi connectivity index (χ4v) is 1.99. The van der Waals surface area contributed by atoms with Crippen LogP contribution in [0.3, 0.4) is 0 Å². The lowest BCUT2D eigenvalue weighted by molar-refractivity contribution is -0.114. The molecular weight excluding hydrogens is 271 g/mol. The van der Waals surface area contributed by atoms with Crippen molar-refractivity contribution < 1.29 is 13.9 Å². The molecule has 2 aromatic rings. The summed E-state index contributed by atoms with van der Waals surface area (Å²) in [6.45, 7) is 1.95. The Morgan fingerprint density at radius 3 is 2.67 bits per heavy atom. The van der Waals surface area contributed by atoms with Crippen LogP contribution in [0.15, 0.2) is 42.5 Å². The maximum absolute atomic E-state index is 13.1. The van der Waals surface area contributed by atoms with E-state index in [1.807, 2.05) is 24.3 Å². The molecule has 0 atom stereocenters. The minimum atomic E-state index is -0.351. The van der Waals surface area contributed by atoms with Gasteiger partial charge in [0.15, 0.2) is 0 Å². The molecule has 0 radical (unpaired) electrons. The number of amides is 1. The lowest BCUT2D eigenvalue weighted by Gasteiger charge is -2.14. The highest BCUT2D eigenvalue weighted by Gasteiger charge is 2.07.